The van der Waals surface area contributed by atoms with Gasteiger partial charge in [-0.05, 0) is 24.5 Å². The number of hydrogen-bond donors (Lipinski definition) is 4. The first-order chi connectivity index (χ1) is 9.81. The van der Waals surface area contributed by atoms with E-state index in [0.29, 0.717) is 6.42 Å². The number of anilines is 1. The number of hydrogen-bond acceptors (Lipinski definition) is 4. The standard InChI is InChI=1S/C13H18N4O4/c1-7(2)6-9(17-13(14)21)11(18)16-8-4-3-5-15-10(8)12(19)20/h3-5,7,9H,6H2,1-2H3,(H,16,18)(H,19,20)(H3,14,17,21). The van der Waals surface area contributed by atoms with Crippen LogP contribution >= 0.6 is 0 Å². The van der Waals surface area contributed by atoms with Gasteiger partial charge in [0.15, 0.2) is 5.69 Å². The van der Waals surface area contributed by atoms with E-state index >= 15 is 0 Å². The summed E-state index contributed by atoms with van der Waals surface area (Å²) in [4.78, 5) is 37.8. The summed E-state index contributed by atoms with van der Waals surface area (Å²) in [5.74, 6) is -1.66. The van der Waals surface area contributed by atoms with Crippen molar-refractivity contribution in [1.29, 1.82) is 0 Å². The van der Waals surface area contributed by atoms with Gasteiger partial charge in [-0.3, -0.25) is 4.79 Å². The minimum Gasteiger partial charge on any atom is -0.476 e. The topological polar surface area (TPSA) is 134 Å². The molecule has 114 valence electrons. The Labute approximate surface area is 121 Å². The van der Waals surface area contributed by atoms with Gasteiger partial charge in [-0.25, -0.2) is 14.6 Å². The molecule has 1 aromatic rings. The zero-order valence-electron chi connectivity index (χ0n) is 11.8. The first kappa shape index (κ1) is 16.4. The number of carbonyl (C=O) groups excluding carboxylic acids is 2. The molecule has 0 aliphatic rings. The van der Waals surface area contributed by atoms with Gasteiger partial charge in [0.25, 0.3) is 0 Å². The number of nitrogens with two attached hydrogens (primary N) is 1. The number of amides is 3. The molecule has 1 unspecified atom stereocenters. The van der Waals surface area contributed by atoms with E-state index in [0.717, 1.165) is 0 Å². The van der Waals surface area contributed by atoms with Gasteiger partial charge in [0.1, 0.15) is 6.04 Å². The van der Waals surface area contributed by atoms with Crippen molar-refractivity contribution in [2.45, 2.75) is 26.3 Å². The highest BCUT2D eigenvalue weighted by Gasteiger charge is 2.23. The molecule has 21 heavy (non-hydrogen) atoms. The molecule has 0 radical (unpaired) electrons. The highest BCUT2D eigenvalue weighted by Crippen LogP contribution is 2.14. The SMILES string of the molecule is CC(C)CC(NC(N)=O)C(=O)Nc1cccnc1C(=O)O. The molecule has 3 amide bonds. The molecule has 0 fully saturated rings. The molecule has 0 saturated heterocycles. The van der Waals surface area contributed by atoms with Gasteiger partial charge >= 0.3 is 12.0 Å². The van der Waals surface area contributed by atoms with Crippen LogP contribution in [0.15, 0.2) is 18.3 Å². The second-order valence-corrected chi connectivity index (χ2v) is 4.88. The smallest absolute Gasteiger partial charge is 0.356 e. The largest absolute Gasteiger partial charge is 0.476 e. The number of aromatic nitrogens is 1. The Morgan fingerprint density at radius 1 is 1.38 bits per heavy atom. The van der Waals surface area contributed by atoms with Crippen molar-refractivity contribution >= 4 is 23.6 Å². The van der Waals surface area contributed by atoms with Crippen molar-refractivity contribution < 1.29 is 19.5 Å². The summed E-state index contributed by atoms with van der Waals surface area (Å²) < 4.78 is 0. The van der Waals surface area contributed by atoms with Crippen LogP contribution in [-0.4, -0.2) is 34.0 Å². The Kier molecular flexibility index (Phi) is 5.65. The quantitative estimate of drug-likeness (QED) is 0.615. The van der Waals surface area contributed by atoms with Crippen molar-refractivity contribution in [3.8, 4) is 0 Å². The van der Waals surface area contributed by atoms with Crippen LogP contribution in [0.25, 0.3) is 0 Å². The van der Waals surface area contributed by atoms with Crippen molar-refractivity contribution in [2.75, 3.05) is 5.32 Å². The molecule has 1 heterocycles. The van der Waals surface area contributed by atoms with Gasteiger partial charge in [0, 0.05) is 6.20 Å². The van der Waals surface area contributed by atoms with Gasteiger partial charge in [-0.15, -0.1) is 0 Å². The zero-order chi connectivity index (χ0) is 16.0. The maximum atomic E-state index is 12.2. The Bertz CT molecular complexity index is 545. The van der Waals surface area contributed by atoms with E-state index < -0.39 is 23.9 Å². The van der Waals surface area contributed by atoms with E-state index in [4.69, 9.17) is 10.8 Å². The van der Waals surface area contributed by atoms with Crippen LogP contribution in [0.3, 0.4) is 0 Å². The molecule has 5 N–H and O–H groups in total. The fourth-order valence-electron chi connectivity index (χ4n) is 1.77. The first-order valence-corrected chi connectivity index (χ1v) is 6.36. The number of carbonyl (C=O) groups is 3. The van der Waals surface area contributed by atoms with Crippen LogP contribution in [0.4, 0.5) is 10.5 Å². The Balaban J connectivity index is 2.91. The van der Waals surface area contributed by atoms with Gasteiger partial charge in [-0.1, -0.05) is 13.8 Å². The second-order valence-electron chi connectivity index (χ2n) is 4.88. The summed E-state index contributed by atoms with van der Waals surface area (Å²) >= 11 is 0. The monoisotopic (exact) mass is 294 g/mol. The summed E-state index contributed by atoms with van der Waals surface area (Å²) in [6, 6.07) is 1.26. The molecule has 1 rings (SSSR count). The lowest BCUT2D eigenvalue weighted by Gasteiger charge is -2.19. The summed E-state index contributed by atoms with van der Waals surface area (Å²) in [6.45, 7) is 3.77. The van der Waals surface area contributed by atoms with Crippen molar-refractivity contribution in [3.63, 3.8) is 0 Å². The number of urea groups is 1. The third-order valence-corrected chi connectivity index (χ3v) is 2.61. The third kappa shape index (κ3) is 5.09. The van der Waals surface area contributed by atoms with Crippen molar-refractivity contribution in [2.24, 2.45) is 11.7 Å². The normalized spacial score (nSPS) is 11.8. The molecule has 0 aliphatic heterocycles. The van der Waals surface area contributed by atoms with Crippen LogP contribution in [0.1, 0.15) is 30.8 Å². The van der Waals surface area contributed by atoms with E-state index in [1.807, 2.05) is 13.8 Å². The van der Waals surface area contributed by atoms with Crippen LogP contribution in [0.5, 0.6) is 0 Å². The lowest BCUT2D eigenvalue weighted by molar-refractivity contribution is -0.118. The number of pyridine rings is 1. The highest BCUT2D eigenvalue weighted by atomic mass is 16.4. The summed E-state index contributed by atoms with van der Waals surface area (Å²) in [5, 5.41) is 13.8. The molecule has 1 aromatic heterocycles. The molecular formula is C13H18N4O4. The predicted octanol–water partition coefficient (Wildman–Crippen LogP) is 0.801. The molecule has 0 aromatic carbocycles. The van der Waals surface area contributed by atoms with E-state index in [-0.39, 0.29) is 17.3 Å². The number of primary amides is 1. The summed E-state index contributed by atoms with van der Waals surface area (Å²) in [6.07, 6.45) is 1.68. The lowest BCUT2D eigenvalue weighted by atomic mass is 10.0. The zero-order valence-corrected chi connectivity index (χ0v) is 11.8. The summed E-state index contributed by atoms with van der Waals surface area (Å²) in [5.41, 5.74) is 4.84. The predicted molar refractivity (Wildman–Crippen MR) is 75.8 cm³/mol. The Morgan fingerprint density at radius 3 is 2.57 bits per heavy atom. The van der Waals surface area contributed by atoms with Crippen LogP contribution in [0, 0.1) is 5.92 Å². The number of nitrogens with one attached hydrogen (secondary N) is 2. The molecule has 0 saturated carbocycles. The number of nitrogens with zero attached hydrogens (tertiary/aromatic N) is 1. The number of rotatable bonds is 6. The first-order valence-electron chi connectivity index (χ1n) is 6.36. The van der Waals surface area contributed by atoms with E-state index in [1.54, 1.807) is 0 Å². The minimum absolute atomic E-state index is 0.0648. The van der Waals surface area contributed by atoms with Crippen LogP contribution in [0.2, 0.25) is 0 Å². The molecule has 0 aliphatic carbocycles. The van der Waals surface area contributed by atoms with Crippen molar-refractivity contribution in [1.82, 2.24) is 10.3 Å². The van der Waals surface area contributed by atoms with E-state index in [1.165, 1.54) is 18.3 Å². The number of aromatic carboxylic acids is 1. The van der Waals surface area contributed by atoms with Gasteiger partial charge in [0.2, 0.25) is 5.91 Å². The fraction of sp³-hybridized carbons (Fsp3) is 0.385. The number of carboxylic acids is 1. The number of carboxylic acid groups (broad SMARTS) is 1. The minimum atomic E-state index is -1.26. The van der Waals surface area contributed by atoms with Gasteiger partial charge < -0.3 is 21.5 Å². The van der Waals surface area contributed by atoms with Crippen LogP contribution in [-0.2, 0) is 4.79 Å². The lowest BCUT2D eigenvalue weighted by Crippen LogP contribution is -2.46. The third-order valence-electron chi connectivity index (χ3n) is 2.61. The van der Waals surface area contributed by atoms with E-state index in [2.05, 4.69) is 15.6 Å². The maximum Gasteiger partial charge on any atom is 0.356 e. The van der Waals surface area contributed by atoms with E-state index in [9.17, 15) is 14.4 Å². The Morgan fingerprint density at radius 2 is 2.05 bits per heavy atom. The van der Waals surface area contributed by atoms with Crippen LogP contribution < -0.4 is 16.4 Å². The second kappa shape index (κ2) is 7.22. The van der Waals surface area contributed by atoms with Gasteiger partial charge in [-0.2, -0.15) is 0 Å². The molecule has 0 spiro atoms. The molecule has 8 nitrogen and oxygen atoms in total. The highest BCUT2D eigenvalue weighted by molar-refractivity contribution is 6.01. The molecule has 0 bridgehead atoms. The molecule has 8 heteroatoms. The molecular weight excluding hydrogens is 276 g/mol. The Hall–Kier alpha value is -2.64. The fourth-order valence-corrected chi connectivity index (χ4v) is 1.77. The summed E-state index contributed by atoms with van der Waals surface area (Å²) in [7, 11) is 0. The average molecular weight is 294 g/mol. The maximum absolute atomic E-state index is 12.2. The van der Waals surface area contributed by atoms with Crippen molar-refractivity contribution in [3.05, 3.63) is 24.0 Å². The van der Waals surface area contributed by atoms with Gasteiger partial charge in [0.05, 0.1) is 5.69 Å². The molecule has 1 atom stereocenters. The average Bonchev–Trinajstić information content (AvgIpc) is 2.37.